The topological polar surface area (TPSA) is 62.6 Å². The van der Waals surface area contributed by atoms with Gasteiger partial charge in [0, 0.05) is 45.0 Å². The molecule has 1 aromatic heterocycles. The number of aryl methyl sites for hydroxylation is 1. The standard InChI is InChI=1S/C20H35N5O2/c1-5-25-10-6-8-16(19(25)17-12-21-24(4)14-17)13-23(3)20(26)22-15(2)18-9-7-11-27-18/h12,14-16,18-19H,5-11,13H2,1-4H3,(H,22,26)/t15-,16-,18+,19+/m0/s1. The molecule has 1 aromatic rings. The minimum Gasteiger partial charge on any atom is -0.376 e. The van der Waals surface area contributed by atoms with Crippen molar-refractivity contribution in [1.29, 1.82) is 0 Å². The molecule has 4 atom stereocenters. The maximum atomic E-state index is 12.7. The van der Waals surface area contributed by atoms with Crippen LogP contribution in [0.1, 0.15) is 51.1 Å². The molecule has 7 heteroatoms. The zero-order valence-electron chi connectivity index (χ0n) is 17.2. The molecule has 3 heterocycles. The molecule has 0 unspecified atom stereocenters. The zero-order chi connectivity index (χ0) is 19.4. The summed E-state index contributed by atoms with van der Waals surface area (Å²) in [5, 5.41) is 7.50. The molecular weight excluding hydrogens is 342 g/mol. The van der Waals surface area contributed by atoms with Gasteiger partial charge in [-0.1, -0.05) is 6.92 Å². The van der Waals surface area contributed by atoms with E-state index in [0.29, 0.717) is 12.0 Å². The third-order valence-electron chi connectivity index (χ3n) is 6.06. The van der Waals surface area contributed by atoms with E-state index in [2.05, 4.69) is 28.4 Å². The van der Waals surface area contributed by atoms with Crippen LogP contribution in [0.5, 0.6) is 0 Å². The van der Waals surface area contributed by atoms with Crippen molar-refractivity contribution in [2.24, 2.45) is 13.0 Å². The third-order valence-corrected chi connectivity index (χ3v) is 6.06. The average Bonchev–Trinajstić information content (AvgIpc) is 3.33. The lowest BCUT2D eigenvalue weighted by Crippen LogP contribution is -2.49. The van der Waals surface area contributed by atoms with E-state index in [9.17, 15) is 4.79 Å². The summed E-state index contributed by atoms with van der Waals surface area (Å²) in [4.78, 5) is 17.1. The second-order valence-electron chi connectivity index (χ2n) is 8.09. The van der Waals surface area contributed by atoms with Crippen LogP contribution in [-0.2, 0) is 11.8 Å². The Balaban J connectivity index is 1.63. The van der Waals surface area contributed by atoms with E-state index in [1.165, 1.54) is 12.0 Å². The maximum Gasteiger partial charge on any atom is 0.317 e. The van der Waals surface area contributed by atoms with Crippen LogP contribution >= 0.6 is 0 Å². The third kappa shape index (κ3) is 4.82. The number of urea groups is 1. The Morgan fingerprint density at radius 1 is 1.44 bits per heavy atom. The molecule has 0 radical (unpaired) electrons. The number of rotatable bonds is 6. The highest BCUT2D eigenvalue weighted by molar-refractivity contribution is 5.74. The summed E-state index contributed by atoms with van der Waals surface area (Å²) in [5.74, 6) is 0.414. The van der Waals surface area contributed by atoms with Gasteiger partial charge in [0.25, 0.3) is 0 Å². The second-order valence-corrected chi connectivity index (χ2v) is 8.09. The Hall–Kier alpha value is -1.60. The number of aromatic nitrogens is 2. The highest BCUT2D eigenvalue weighted by Gasteiger charge is 2.34. The van der Waals surface area contributed by atoms with Crippen molar-refractivity contribution in [3.63, 3.8) is 0 Å². The van der Waals surface area contributed by atoms with E-state index in [1.807, 2.05) is 36.8 Å². The normalized spacial score (nSPS) is 27.5. The lowest BCUT2D eigenvalue weighted by Gasteiger charge is -2.42. The van der Waals surface area contributed by atoms with Crippen molar-refractivity contribution < 1.29 is 9.53 Å². The van der Waals surface area contributed by atoms with Gasteiger partial charge in [-0.2, -0.15) is 5.10 Å². The Bertz CT molecular complexity index is 613. The quantitative estimate of drug-likeness (QED) is 0.827. The predicted molar refractivity (Wildman–Crippen MR) is 106 cm³/mol. The van der Waals surface area contributed by atoms with Crippen LogP contribution in [-0.4, -0.2) is 71.0 Å². The summed E-state index contributed by atoms with van der Waals surface area (Å²) in [6.45, 7) is 7.94. The Labute approximate surface area is 163 Å². The SMILES string of the molecule is CCN1CCC[C@@H](CN(C)C(=O)N[C@@H](C)[C@H]2CCCO2)[C@@H]1c1cnn(C)c1. The fourth-order valence-electron chi connectivity index (χ4n) is 4.60. The zero-order valence-corrected chi connectivity index (χ0v) is 17.2. The van der Waals surface area contributed by atoms with E-state index in [-0.39, 0.29) is 18.2 Å². The van der Waals surface area contributed by atoms with E-state index in [4.69, 9.17) is 4.74 Å². The summed E-state index contributed by atoms with van der Waals surface area (Å²) in [6, 6.07) is 0.370. The molecular formula is C20H35N5O2. The number of nitrogens with zero attached hydrogens (tertiary/aromatic N) is 4. The summed E-state index contributed by atoms with van der Waals surface area (Å²) < 4.78 is 7.57. The molecule has 0 saturated carbocycles. The number of likely N-dealkylation sites (tertiary alicyclic amines) is 1. The van der Waals surface area contributed by atoms with Gasteiger partial charge >= 0.3 is 6.03 Å². The van der Waals surface area contributed by atoms with Gasteiger partial charge in [0.05, 0.1) is 18.3 Å². The number of ether oxygens (including phenoxy) is 1. The highest BCUT2D eigenvalue weighted by atomic mass is 16.5. The molecule has 1 N–H and O–H groups in total. The van der Waals surface area contributed by atoms with Gasteiger partial charge in [-0.3, -0.25) is 9.58 Å². The summed E-state index contributed by atoms with van der Waals surface area (Å²) in [6.07, 6.45) is 8.67. The lowest BCUT2D eigenvalue weighted by molar-refractivity contribution is 0.0735. The van der Waals surface area contributed by atoms with Crippen LogP contribution in [0, 0.1) is 5.92 Å². The van der Waals surface area contributed by atoms with Crippen LogP contribution in [0.4, 0.5) is 4.79 Å². The van der Waals surface area contributed by atoms with Crippen molar-refractivity contribution in [3.05, 3.63) is 18.0 Å². The number of hydrogen-bond donors (Lipinski definition) is 1. The molecule has 0 aromatic carbocycles. The van der Waals surface area contributed by atoms with Crippen molar-refractivity contribution >= 4 is 6.03 Å². The molecule has 152 valence electrons. The molecule has 27 heavy (non-hydrogen) atoms. The van der Waals surface area contributed by atoms with Gasteiger partial charge in [0.1, 0.15) is 0 Å². The molecule has 2 saturated heterocycles. The number of amides is 2. The van der Waals surface area contributed by atoms with Gasteiger partial charge in [0.2, 0.25) is 0 Å². The van der Waals surface area contributed by atoms with Crippen molar-refractivity contribution in [3.8, 4) is 0 Å². The number of hydrogen-bond acceptors (Lipinski definition) is 4. The first-order valence-electron chi connectivity index (χ1n) is 10.4. The Morgan fingerprint density at radius 3 is 2.89 bits per heavy atom. The van der Waals surface area contributed by atoms with Crippen LogP contribution in [0.15, 0.2) is 12.4 Å². The first-order valence-corrected chi connectivity index (χ1v) is 10.4. The van der Waals surface area contributed by atoms with Gasteiger partial charge in [0.15, 0.2) is 0 Å². The molecule has 2 fully saturated rings. The molecule has 0 spiro atoms. The largest absolute Gasteiger partial charge is 0.376 e. The molecule has 2 aliphatic heterocycles. The van der Waals surface area contributed by atoms with Crippen molar-refractivity contribution in [1.82, 2.24) is 24.9 Å². The van der Waals surface area contributed by atoms with Crippen molar-refractivity contribution in [2.45, 2.75) is 57.7 Å². The predicted octanol–water partition coefficient (Wildman–Crippen LogP) is 2.40. The first-order chi connectivity index (χ1) is 13.0. The van der Waals surface area contributed by atoms with E-state index in [0.717, 1.165) is 45.5 Å². The maximum absolute atomic E-state index is 12.7. The van der Waals surface area contributed by atoms with Gasteiger partial charge in [-0.15, -0.1) is 0 Å². The highest BCUT2D eigenvalue weighted by Crippen LogP contribution is 2.36. The molecule has 2 aliphatic rings. The number of carbonyl (C=O) groups excluding carboxylic acids is 1. The first kappa shape index (κ1) is 20.1. The molecule has 7 nitrogen and oxygen atoms in total. The van der Waals surface area contributed by atoms with Crippen LogP contribution in [0.2, 0.25) is 0 Å². The molecule has 0 bridgehead atoms. The van der Waals surface area contributed by atoms with Crippen LogP contribution in [0.25, 0.3) is 0 Å². The number of carbonyl (C=O) groups is 1. The summed E-state index contributed by atoms with van der Waals surface area (Å²) in [7, 11) is 3.87. The number of piperidine rings is 1. The summed E-state index contributed by atoms with van der Waals surface area (Å²) in [5.41, 5.74) is 1.26. The minimum atomic E-state index is -0.00319. The smallest absolute Gasteiger partial charge is 0.317 e. The Morgan fingerprint density at radius 2 is 2.26 bits per heavy atom. The lowest BCUT2D eigenvalue weighted by atomic mass is 9.85. The molecule has 3 rings (SSSR count). The van der Waals surface area contributed by atoms with E-state index in [1.54, 1.807) is 0 Å². The molecule has 2 amide bonds. The average molecular weight is 378 g/mol. The van der Waals surface area contributed by atoms with Gasteiger partial charge in [-0.25, -0.2) is 4.79 Å². The van der Waals surface area contributed by atoms with Crippen LogP contribution in [0.3, 0.4) is 0 Å². The van der Waals surface area contributed by atoms with E-state index >= 15 is 0 Å². The fraction of sp³-hybridized carbons (Fsp3) is 0.800. The Kier molecular flexibility index (Phi) is 6.76. The number of nitrogens with one attached hydrogen (secondary N) is 1. The monoisotopic (exact) mass is 377 g/mol. The second kappa shape index (κ2) is 9.06. The van der Waals surface area contributed by atoms with Crippen LogP contribution < -0.4 is 5.32 Å². The van der Waals surface area contributed by atoms with Gasteiger partial charge in [-0.05, 0) is 51.6 Å². The fourth-order valence-corrected chi connectivity index (χ4v) is 4.60. The van der Waals surface area contributed by atoms with Gasteiger partial charge < -0.3 is 15.0 Å². The van der Waals surface area contributed by atoms with Crippen molar-refractivity contribution in [2.75, 3.05) is 33.3 Å². The summed E-state index contributed by atoms with van der Waals surface area (Å²) >= 11 is 0. The minimum absolute atomic E-state index is 0.00319. The van der Waals surface area contributed by atoms with E-state index < -0.39 is 0 Å². The molecule has 0 aliphatic carbocycles.